The Balaban J connectivity index is 1.67. The Kier molecular flexibility index (Phi) is 4.06. The summed E-state index contributed by atoms with van der Waals surface area (Å²) < 4.78 is 0. The van der Waals surface area contributed by atoms with Crippen LogP contribution in [0.3, 0.4) is 0 Å². The maximum absolute atomic E-state index is 6.38. The van der Waals surface area contributed by atoms with E-state index in [1.165, 1.54) is 28.6 Å². The lowest BCUT2D eigenvalue weighted by Crippen LogP contribution is -2.24. The van der Waals surface area contributed by atoms with E-state index in [0.29, 0.717) is 16.1 Å². The molecule has 0 amide bonds. The second-order valence-corrected chi connectivity index (χ2v) is 6.90. The van der Waals surface area contributed by atoms with Gasteiger partial charge in [0.05, 0.1) is 15.6 Å². The fourth-order valence-corrected chi connectivity index (χ4v) is 3.88. The van der Waals surface area contributed by atoms with Gasteiger partial charge in [0, 0.05) is 23.7 Å². The molecule has 2 nitrogen and oxygen atoms in total. The van der Waals surface area contributed by atoms with E-state index >= 15 is 0 Å². The molecule has 1 unspecified atom stereocenters. The summed E-state index contributed by atoms with van der Waals surface area (Å²) in [6.45, 7) is 0.870. The maximum Gasteiger partial charge on any atom is 0.0833 e. The summed E-state index contributed by atoms with van der Waals surface area (Å²) in [4.78, 5) is 3.53. The van der Waals surface area contributed by atoms with Crippen LogP contribution in [0.1, 0.15) is 35.7 Å². The van der Waals surface area contributed by atoms with Gasteiger partial charge in [-0.25, -0.2) is 0 Å². The van der Waals surface area contributed by atoms with Gasteiger partial charge in [-0.15, -0.1) is 0 Å². The van der Waals surface area contributed by atoms with Gasteiger partial charge in [0.1, 0.15) is 0 Å². The largest absolute Gasteiger partial charge is 0.356 e. The van der Waals surface area contributed by atoms with Crippen molar-refractivity contribution in [1.82, 2.24) is 10.3 Å². The molecule has 118 valence electrons. The number of benzene rings is 2. The fraction of sp³-hybridized carbons (Fsp3) is 0.263. The zero-order valence-electron chi connectivity index (χ0n) is 12.7. The Bertz CT molecular complexity index is 839. The highest BCUT2D eigenvalue weighted by molar-refractivity contribution is 6.45. The van der Waals surface area contributed by atoms with E-state index in [1.807, 2.05) is 12.1 Å². The topological polar surface area (TPSA) is 27.8 Å². The third kappa shape index (κ3) is 2.76. The van der Waals surface area contributed by atoms with E-state index < -0.39 is 0 Å². The minimum atomic E-state index is 0.334. The molecule has 1 atom stereocenters. The molecule has 0 fully saturated rings. The van der Waals surface area contributed by atoms with Crippen molar-refractivity contribution in [2.75, 3.05) is 0 Å². The lowest BCUT2D eigenvalue weighted by atomic mass is 9.91. The molecule has 1 aliphatic rings. The van der Waals surface area contributed by atoms with E-state index in [9.17, 15) is 0 Å². The quantitative estimate of drug-likeness (QED) is 0.631. The molecule has 4 heteroatoms. The van der Waals surface area contributed by atoms with Gasteiger partial charge < -0.3 is 10.3 Å². The fourth-order valence-electron chi connectivity index (χ4n) is 3.51. The molecule has 1 aliphatic carbocycles. The maximum atomic E-state index is 6.38. The van der Waals surface area contributed by atoms with Crippen molar-refractivity contribution >= 4 is 34.1 Å². The van der Waals surface area contributed by atoms with Crippen LogP contribution < -0.4 is 5.32 Å². The minimum Gasteiger partial charge on any atom is -0.356 e. The molecular formula is C19H18Cl2N2. The first-order chi connectivity index (χ1) is 11.2. The van der Waals surface area contributed by atoms with Crippen LogP contribution in [0.25, 0.3) is 10.9 Å². The van der Waals surface area contributed by atoms with Crippen LogP contribution in [0.5, 0.6) is 0 Å². The first-order valence-corrected chi connectivity index (χ1v) is 8.75. The molecule has 2 N–H and O–H groups in total. The molecule has 0 radical (unpaired) electrons. The number of aromatic nitrogens is 1. The number of aryl methyl sites for hydroxylation is 1. The van der Waals surface area contributed by atoms with Crippen LogP contribution in [0, 0.1) is 0 Å². The smallest absolute Gasteiger partial charge is 0.0833 e. The van der Waals surface area contributed by atoms with E-state index in [1.54, 1.807) is 0 Å². The van der Waals surface area contributed by atoms with Gasteiger partial charge in [-0.2, -0.15) is 0 Å². The third-order valence-corrected chi connectivity index (χ3v) is 5.47. The third-order valence-electron chi connectivity index (χ3n) is 4.67. The number of hydrogen-bond donors (Lipinski definition) is 2. The summed E-state index contributed by atoms with van der Waals surface area (Å²) in [5.74, 6) is 0. The number of fused-ring (bicyclic) bond motifs is 3. The zero-order valence-corrected chi connectivity index (χ0v) is 14.2. The molecule has 3 aromatic rings. The van der Waals surface area contributed by atoms with Crippen LogP contribution in [-0.4, -0.2) is 4.98 Å². The van der Waals surface area contributed by atoms with Crippen molar-refractivity contribution in [3.05, 3.63) is 69.3 Å². The first kappa shape index (κ1) is 15.1. The standard InChI is InChI=1S/C19H18Cl2N2/c20-15-10-9-14-13-7-4-8-16(18(13)23-19(14)17(15)21)22-11-12-5-2-1-3-6-12/h1-3,5-6,9-10,16,22-23H,4,7-8,11H2. The number of hydrogen-bond acceptors (Lipinski definition) is 1. The van der Waals surface area contributed by atoms with Gasteiger partial charge in [-0.05, 0) is 36.5 Å². The number of rotatable bonds is 3. The minimum absolute atomic E-state index is 0.334. The highest BCUT2D eigenvalue weighted by Crippen LogP contribution is 2.39. The zero-order chi connectivity index (χ0) is 15.8. The molecular weight excluding hydrogens is 327 g/mol. The molecule has 0 spiro atoms. The van der Waals surface area contributed by atoms with Gasteiger partial charge >= 0.3 is 0 Å². The molecule has 4 rings (SSSR count). The molecule has 0 bridgehead atoms. The Morgan fingerprint density at radius 1 is 1.09 bits per heavy atom. The van der Waals surface area contributed by atoms with Crippen molar-refractivity contribution < 1.29 is 0 Å². The summed E-state index contributed by atoms with van der Waals surface area (Å²) in [5, 5.41) is 6.12. The first-order valence-electron chi connectivity index (χ1n) is 8.00. The van der Waals surface area contributed by atoms with Crippen molar-refractivity contribution in [3.8, 4) is 0 Å². The molecule has 1 heterocycles. The Morgan fingerprint density at radius 2 is 1.91 bits per heavy atom. The van der Waals surface area contributed by atoms with Crippen LogP contribution in [0.4, 0.5) is 0 Å². The van der Waals surface area contributed by atoms with Gasteiger partial charge in [0.25, 0.3) is 0 Å². The van der Waals surface area contributed by atoms with Crippen LogP contribution in [0.2, 0.25) is 10.0 Å². The average Bonchev–Trinajstić information content (AvgIpc) is 2.97. The monoisotopic (exact) mass is 344 g/mol. The van der Waals surface area contributed by atoms with Gasteiger partial charge in [0.2, 0.25) is 0 Å². The highest BCUT2D eigenvalue weighted by Gasteiger charge is 2.25. The predicted molar refractivity (Wildman–Crippen MR) is 97.3 cm³/mol. The molecule has 0 saturated heterocycles. The van der Waals surface area contributed by atoms with Crippen LogP contribution in [-0.2, 0) is 13.0 Å². The molecule has 23 heavy (non-hydrogen) atoms. The van der Waals surface area contributed by atoms with Crippen molar-refractivity contribution in [1.29, 1.82) is 0 Å². The average molecular weight is 345 g/mol. The van der Waals surface area contributed by atoms with Gasteiger partial charge in [0.15, 0.2) is 0 Å². The summed E-state index contributed by atoms with van der Waals surface area (Å²) in [6, 6.07) is 14.8. The van der Waals surface area contributed by atoms with E-state index in [4.69, 9.17) is 23.2 Å². The molecule has 2 aromatic carbocycles. The van der Waals surface area contributed by atoms with Crippen molar-refractivity contribution in [2.24, 2.45) is 0 Å². The molecule has 0 saturated carbocycles. The van der Waals surface area contributed by atoms with E-state index in [-0.39, 0.29) is 0 Å². The van der Waals surface area contributed by atoms with E-state index in [2.05, 4.69) is 40.6 Å². The Morgan fingerprint density at radius 3 is 2.74 bits per heavy atom. The molecule has 0 aliphatic heterocycles. The normalized spacial score (nSPS) is 17.4. The summed E-state index contributed by atoms with van der Waals surface area (Å²) in [5.41, 5.74) is 4.93. The highest BCUT2D eigenvalue weighted by atomic mass is 35.5. The Hall–Kier alpha value is -1.48. The van der Waals surface area contributed by atoms with Gasteiger partial charge in [-0.3, -0.25) is 0 Å². The van der Waals surface area contributed by atoms with Crippen LogP contribution >= 0.6 is 23.2 Å². The number of nitrogens with one attached hydrogen (secondary N) is 2. The number of halogens is 2. The van der Waals surface area contributed by atoms with E-state index in [0.717, 1.165) is 24.9 Å². The Labute approximate surface area is 145 Å². The number of aromatic amines is 1. The second-order valence-electron chi connectivity index (χ2n) is 6.11. The molecule has 1 aromatic heterocycles. The van der Waals surface area contributed by atoms with Gasteiger partial charge in [-0.1, -0.05) is 59.6 Å². The van der Waals surface area contributed by atoms with Crippen LogP contribution in [0.15, 0.2) is 42.5 Å². The number of H-pyrrole nitrogens is 1. The lowest BCUT2D eigenvalue weighted by Gasteiger charge is -2.24. The van der Waals surface area contributed by atoms with Crippen molar-refractivity contribution in [3.63, 3.8) is 0 Å². The summed E-state index contributed by atoms with van der Waals surface area (Å²) in [7, 11) is 0. The summed E-state index contributed by atoms with van der Waals surface area (Å²) >= 11 is 12.5. The van der Waals surface area contributed by atoms with Crippen molar-refractivity contribution in [2.45, 2.75) is 31.8 Å². The second kappa shape index (κ2) is 6.20. The lowest BCUT2D eigenvalue weighted by molar-refractivity contribution is 0.452. The predicted octanol–water partition coefficient (Wildman–Crippen LogP) is 5.64. The summed E-state index contributed by atoms with van der Waals surface area (Å²) in [6.07, 6.45) is 3.42. The SMILES string of the molecule is Clc1ccc2c3c([nH]c2c1Cl)C(NCc1ccccc1)CCC3.